The molecule has 1 aromatic heterocycles. The average Bonchev–Trinajstić information content (AvgIpc) is 3.32. The molecule has 26 heavy (non-hydrogen) atoms. The summed E-state index contributed by atoms with van der Waals surface area (Å²) in [5.41, 5.74) is 0.737. The zero-order chi connectivity index (χ0) is 18.4. The lowest BCUT2D eigenvalue weighted by Crippen LogP contribution is -2.41. The van der Waals surface area contributed by atoms with Crippen LogP contribution in [0.5, 0.6) is 0 Å². The fourth-order valence-corrected chi connectivity index (χ4v) is 3.20. The second-order valence-electron chi connectivity index (χ2n) is 6.50. The van der Waals surface area contributed by atoms with Crippen LogP contribution in [0.25, 0.3) is 0 Å². The van der Waals surface area contributed by atoms with E-state index in [4.69, 9.17) is 0 Å². The van der Waals surface area contributed by atoms with Crippen LogP contribution in [0.2, 0.25) is 0 Å². The van der Waals surface area contributed by atoms with Crippen molar-refractivity contribution < 1.29 is 8.78 Å². The molecule has 1 saturated heterocycles. The molecular formula is C19H25F2N5. The molecule has 2 aromatic rings. The van der Waals surface area contributed by atoms with Crippen LogP contribution in [0.3, 0.4) is 0 Å². The smallest absolute Gasteiger partial charge is 0.191 e. The quantitative estimate of drug-likeness (QED) is 0.614. The lowest BCUT2D eigenvalue weighted by atomic mass is 10.1. The van der Waals surface area contributed by atoms with Crippen LogP contribution in [0.4, 0.5) is 14.5 Å². The maximum absolute atomic E-state index is 13.4. The van der Waals surface area contributed by atoms with E-state index in [0.29, 0.717) is 5.92 Å². The van der Waals surface area contributed by atoms with E-state index in [1.165, 1.54) is 12.1 Å². The molecule has 0 bridgehead atoms. The highest BCUT2D eigenvalue weighted by atomic mass is 19.2. The van der Waals surface area contributed by atoms with Crippen molar-refractivity contribution in [2.45, 2.75) is 13.0 Å². The SMILES string of the molecule is CN=C(NCCn1cccc1)NCC1CCN(c2ccc(F)c(F)c2)C1. The number of aliphatic imine (C=N–C) groups is 1. The standard InChI is InChI=1S/C19H25F2N5/c1-22-19(23-7-11-25-8-2-3-9-25)24-13-15-6-10-26(14-15)16-4-5-17(20)18(21)12-16/h2-5,8-9,12,15H,6-7,10-11,13-14H2,1H3,(H2,22,23,24). The first-order chi connectivity index (χ1) is 12.7. The molecule has 0 radical (unpaired) electrons. The molecular weight excluding hydrogens is 336 g/mol. The summed E-state index contributed by atoms with van der Waals surface area (Å²) in [5.74, 6) is -0.383. The number of hydrogen-bond donors (Lipinski definition) is 2. The predicted octanol–water partition coefficient (Wildman–Crippen LogP) is 2.46. The minimum atomic E-state index is -0.805. The maximum atomic E-state index is 13.4. The first kappa shape index (κ1) is 18.2. The van der Waals surface area contributed by atoms with E-state index in [1.54, 1.807) is 13.1 Å². The van der Waals surface area contributed by atoms with Crippen LogP contribution in [0, 0.1) is 17.6 Å². The highest BCUT2D eigenvalue weighted by Crippen LogP contribution is 2.24. The van der Waals surface area contributed by atoms with E-state index in [9.17, 15) is 8.78 Å². The number of rotatable bonds is 6. The molecule has 2 N–H and O–H groups in total. The van der Waals surface area contributed by atoms with Gasteiger partial charge in [-0.2, -0.15) is 0 Å². The van der Waals surface area contributed by atoms with Gasteiger partial charge in [0.05, 0.1) is 0 Å². The molecule has 7 heteroatoms. The summed E-state index contributed by atoms with van der Waals surface area (Å²) in [5, 5.41) is 6.65. The van der Waals surface area contributed by atoms with Gasteiger partial charge < -0.3 is 20.1 Å². The molecule has 2 heterocycles. The predicted molar refractivity (Wildman–Crippen MR) is 100 cm³/mol. The second-order valence-corrected chi connectivity index (χ2v) is 6.50. The second kappa shape index (κ2) is 8.69. The van der Waals surface area contributed by atoms with Gasteiger partial charge in [0.15, 0.2) is 17.6 Å². The van der Waals surface area contributed by atoms with E-state index in [0.717, 1.165) is 50.8 Å². The lowest BCUT2D eigenvalue weighted by molar-refractivity contribution is 0.508. The van der Waals surface area contributed by atoms with Gasteiger partial charge in [-0.3, -0.25) is 4.99 Å². The van der Waals surface area contributed by atoms with Crippen molar-refractivity contribution in [2.75, 3.05) is 38.1 Å². The van der Waals surface area contributed by atoms with Crippen LogP contribution in [0.15, 0.2) is 47.7 Å². The number of halogens is 2. The number of nitrogens with zero attached hydrogens (tertiary/aromatic N) is 3. The van der Waals surface area contributed by atoms with Gasteiger partial charge in [0.1, 0.15) is 0 Å². The van der Waals surface area contributed by atoms with Gasteiger partial charge in [0.25, 0.3) is 0 Å². The third-order valence-corrected chi connectivity index (χ3v) is 4.66. The van der Waals surface area contributed by atoms with Crippen molar-refractivity contribution in [1.82, 2.24) is 15.2 Å². The van der Waals surface area contributed by atoms with Gasteiger partial charge in [-0.1, -0.05) is 0 Å². The Kier molecular flexibility index (Phi) is 6.09. The Morgan fingerprint density at radius 2 is 2.00 bits per heavy atom. The van der Waals surface area contributed by atoms with Crippen LogP contribution >= 0.6 is 0 Å². The number of hydrogen-bond acceptors (Lipinski definition) is 2. The number of aromatic nitrogens is 1. The van der Waals surface area contributed by atoms with E-state index in [1.807, 2.05) is 24.5 Å². The Morgan fingerprint density at radius 1 is 1.19 bits per heavy atom. The van der Waals surface area contributed by atoms with Gasteiger partial charge in [-0.25, -0.2) is 8.78 Å². The van der Waals surface area contributed by atoms with Crippen molar-refractivity contribution >= 4 is 11.6 Å². The van der Waals surface area contributed by atoms with Gasteiger partial charge in [-0.05, 0) is 36.6 Å². The summed E-state index contributed by atoms with van der Waals surface area (Å²) in [4.78, 5) is 6.34. The highest BCUT2D eigenvalue weighted by molar-refractivity contribution is 5.79. The number of benzene rings is 1. The molecule has 0 aliphatic carbocycles. The van der Waals surface area contributed by atoms with Crippen molar-refractivity contribution in [2.24, 2.45) is 10.9 Å². The van der Waals surface area contributed by atoms with Gasteiger partial charge in [0.2, 0.25) is 0 Å². The van der Waals surface area contributed by atoms with E-state index in [-0.39, 0.29) is 0 Å². The Balaban J connectivity index is 1.42. The first-order valence-electron chi connectivity index (χ1n) is 8.91. The van der Waals surface area contributed by atoms with Crippen molar-refractivity contribution in [3.05, 3.63) is 54.4 Å². The normalized spacial score (nSPS) is 17.6. The molecule has 3 rings (SSSR count). The molecule has 0 amide bonds. The molecule has 0 saturated carbocycles. The Hall–Kier alpha value is -2.57. The summed E-state index contributed by atoms with van der Waals surface area (Å²) in [6.07, 6.45) is 5.07. The van der Waals surface area contributed by atoms with Crippen molar-refractivity contribution in [3.63, 3.8) is 0 Å². The minimum Gasteiger partial charge on any atom is -0.371 e. The van der Waals surface area contributed by atoms with Gasteiger partial charge in [0, 0.05) is 63.9 Å². The van der Waals surface area contributed by atoms with E-state index < -0.39 is 11.6 Å². The van der Waals surface area contributed by atoms with Gasteiger partial charge >= 0.3 is 0 Å². The molecule has 140 valence electrons. The summed E-state index contributed by atoms with van der Waals surface area (Å²) in [7, 11) is 1.76. The highest BCUT2D eigenvalue weighted by Gasteiger charge is 2.23. The summed E-state index contributed by atoms with van der Waals surface area (Å²) >= 11 is 0. The average molecular weight is 361 g/mol. The molecule has 1 unspecified atom stereocenters. The van der Waals surface area contributed by atoms with E-state index >= 15 is 0 Å². The Bertz CT molecular complexity index is 730. The van der Waals surface area contributed by atoms with Crippen LogP contribution in [-0.4, -0.2) is 43.8 Å². The van der Waals surface area contributed by atoms with Crippen molar-refractivity contribution in [1.29, 1.82) is 0 Å². The largest absolute Gasteiger partial charge is 0.371 e. The third kappa shape index (κ3) is 4.74. The maximum Gasteiger partial charge on any atom is 0.191 e. The minimum absolute atomic E-state index is 0.436. The van der Waals surface area contributed by atoms with Crippen molar-refractivity contribution in [3.8, 4) is 0 Å². The monoisotopic (exact) mass is 361 g/mol. The third-order valence-electron chi connectivity index (χ3n) is 4.66. The number of guanidine groups is 1. The molecule has 0 spiro atoms. The van der Waals surface area contributed by atoms with Crippen LogP contribution in [-0.2, 0) is 6.54 Å². The number of anilines is 1. The van der Waals surface area contributed by atoms with Gasteiger partial charge in [-0.15, -0.1) is 0 Å². The molecule has 5 nitrogen and oxygen atoms in total. The van der Waals surface area contributed by atoms with Crippen LogP contribution in [0.1, 0.15) is 6.42 Å². The molecule has 1 aromatic carbocycles. The Morgan fingerprint density at radius 3 is 2.73 bits per heavy atom. The Labute approximate surface area is 152 Å². The summed E-state index contributed by atoms with van der Waals surface area (Å²) in [6.45, 7) is 4.12. The van der Waals surface area contributed by atoms with E-state index in [2.05, 4.69) is 25.1 Å². The topological polar surface area (TPSA) is 44.6 Å². The number of nitrogens with one attached hydrogen (secondary N) is 2. The fraction of sp³-hybridized carbons (Fsp3) is 0.421. The zero-order valence-electron chi connectivity index (χ0n) is 15.0. The van der Waals surface area contributed by atoms with Crippen LogP contribution < -0.4 is 15.5 Å². The lowest BCUT2D eigenvalue weighted by Gasteiger charge is -2.19. The first-order valence-corrected chi connectivity index (χ1v) is 8.91. The fourth-order valence-electron chi connectivity index (χ4n) is 3.20. The zero-order valence-corrected chi connectivity index (χ0v) is 15.0. The molecule has 1 fully saturated rings. The molecule has 1 aliphatic rings. The summed E-state index contributed by atoms with van der Waals surface area (Å²) in [6, 6.07) is 8.10. The molecule has 1 atom stereocenters. The molecule has 1 aliphatic heterocycles. The summed E-state index contributed by atoms with van der Waals surface area (Å²) < 4.78 is 28.6.